The van der Waals surface area contributed by atoms with E-state index >= 15 is 0 Å². The molecule has 0 saturated carbocycles. The highest BCUT2D eigenvalue weighted by molar-refractivity contribution is 7.21. The number of fused-ring (bicyclic) bond motifs is 1. The first-order chi connectivity index (χ1) is 10.1. The monoisotopic (exact) mass is 300 g/mol. The number of nitrogens with two attached hydrogens (primary N) is 1. The zero-order valence-electron chi connectivity index (χ0n) is 11.9. The van der Waals surface area contributed by atoms with Crippen LogP contribution in [0.15, 0.2) is 36.7 Å². The minimum atomic E-state index is -0.0725. The van der Waals surface area contributed by atoms with Crippen LogP contribution in [0.25, 0.3) is 10.1 Å². The lowest BCUT2D eigenvalue weighted by Gasteiger charge is -2.16. The normalized spacial score (nSPS) is 11.0. The molecule has 0 unspecified atom stereocenters. The van der Waals surface area contributed by atoms with Gasteiger partial charge in [-0.1, -0.05) is 18.2 Å². The van der Waals surface area contributed by atoms with Gasteiger partial charge in [-0.15, -0.1) is 11.3 Å². The third-order valence-electron chi connectivity index (χ3n) is 3.47. The van der Waals surface area contributed by atoms with Crippen LogP contribution in [-0.4, -0.2) is 27.4 Å². The summed E-state index contributed by atoms with van der Waals surface area (Å²) in [6, 6.07) is 7.80. The minimum absolute atomic E-state index is 0.0725. The number of thiophene rings is 1. The second-order valence-electron chi connectivity index (χ2n) is 4.96. The molecule has 2 N–H and O–H groups in total. The molecule has 0 aliphatic carbocycles. The van der Waals surface area contributed by atoms with Crippen molar-refractivity contribution in [3.05, 3.63) is 47.4 Å². The Morgan fingerprint density at radius 1 is 1.43 bits per heavy atom. The SMILES string of the molecule is CN(Cc1nccn1C)C(=O)c1sc2ccccc2c1N. The Bertz CT molecular complexity index is 805. The van der Waals surface area contributed by atoms with Crippen LogP contribution in [0.5, 0.6) is 0 Å². The summed E-state index contributed by atoms with van der Waals surface area (Å²) in [5.41, 5.74) is 6.69. The maximum absolute atomic E-state index is 12.6. The summed E-state index contributed by atoms with van der Waals surface area (Å²) in [7, 11) is 3.68. The lowest BCUT2D eigenvalue weighted by atomic mass is 10.2. The molecule has 0 aliphatic heterocycles. The van der Waals surface area contributed by atoms with Gasteiger partial charge in [0.05, 0.1) is 12.2 Å². The van der Waals surface area contributed by atoms with Gasteiger partial charge >= 0.3 is 0 Å². The van der Waals surface area contributed by atoms with Crippen molar-refractivity contribution in [3.63, 3.8) is 0 Å². The van der Waals surface area contributed by atoms with Crippen LogP contribution in [-0.2, 0) is 13.6 Å². The molecule has 0 aliphatic rings. The molecule has 5 nitrogen and oxygen atoms in total. The number of nitrogens with zero attached hydrogens (tertiary/aromatic N) is 3. The molecule has 0 atom stereocenters. The maximum Gasteiger partial charge on any atom is 0.266 e. The third kappa shape index (κ3) is 2.38. The molecule has 0 saturated heterocycles. The van der Waals surface area contributed by atoms with E-state index in [-0.39, 0.29) is 5.91 Å². The number of rotatable bonds is 3. The second kappa shape index (κ2) is 5.21. The van der Waals surface area contributed by atoms with Gasteiger partial charge in [-0.2, -0.15) is 0 Å². The van der Waals surface area contributed by atoms with E-state index in [4.69, 9.17) is 5.73 Å². The Balaban J connectivity index is 1.89. The second-order valence-corrected chi connectivity index (χ2v) is 6.01. The molecule has 2 heterocycles. The molecule has 0 bridgehead atoms. The van der Waals surface area contributed by atoms with Crippen molar-refractivity contribution in [2.75, 3.05) is 12.8 Å². The van der Waals surface area contributed by atoms with Gasteiger partial charge in [-0.05, 0) is 6.07 Å². The van der Waals surface area contributed by atoms with Gasteiger partial charge in [0.15, 0.2) is 0 Å². The number of amides is 1. The average Bonchev–Trinajstić information content (AvgIpc) is 3.03. The summed E-state index contributed by atoms with van der Waals surface area (Å²) in [6.45, 7) is 0.454. The number of hydrogen-bond acceptors (Lipinski definition) is 4. The number of hydrogen-bond donors (Lipinski definition) is 1. The first kappa shape index (κ1) is 13.6. The molecule has 1 amide bonds. The largest absolute Gasteiger partial charge is 0.397 e. The highest BCUT2D eigenvalue weighted by atomic mass is 32.1. The standard InChI is InChI=1S/C15H16N4OS/c1-18-8-7-17-12(18)9-19(2)15(20)14-13(16)10-5-3-4-6-11(10)21-14/h3-8H,9,16H2,1-2H3. The van der Waals surface area contributed by atoms with Crippen LogP contribution in [0.3, 0.4) is 0 Å². The number of anilines is 1. The van der Waals surface area contributed by atoms with Crippen molar-refractivity contribution in [3.8, 4) is 0 Å². The summed E-state index contributed by atoms with van der Waals surface area (Å²) < 4.78 is 2.93. The van der Waals surface area contributed by atoms with E-state index in [0.717, 1.165) is 15.9 Å². The van der Waals surface area contributed by atoms with E-state index in [9.17, 15) is 4.79 Å². The molecule has 6 heteroatoms. The van der Waals surface area contributed by atoms with Gasteiger partial charge in [-0.25, -0.2) is 4.98 Å². The van der Waals surface area contributed by atoms with E-state index in [2.05, 4.69) is 4.98 Å². The number of nitrogen functional groups attached to an aromatic ring is 1. The maximum atomic E-state index is 12.6. The number of benzene rings is 1. The summed E-state index contributed by atoms with van der Waals surface area (Å²) in [5.74, 6) is 0.766. The van der Waals surface area contributed by atoms with Gasteiger partial charge in [0, 0.05) is 36.6 Å². The van der Waals surface area contributed by atoms with E-state index in [1.807, 2.05) is 42.1 Å². The Morgan fingerprint density at radius 3 is 2.86 bits per heavy atom. The van der Waals surface area contributed by atoms with Gasteiger partial charge in [0.2, 0.25) is 0 Å². The predicted molar refractivity (Wildman–Crippen MR) is 85.2 cm³/mol. The number of imidazole rings is 1. The Labute approximate surface area is 126 Å². The van der Waals surface area contributed by atoms with Crippen LogP contribution in [0.1, 0.15) is 15.5 Å². The van der Waals surface area contributed by atoms with Crippen molar-refractivity contribution < 1.29 is 4.79 Å². The Kier molecular flexibility index (Phi) is 3.39. The molecular formula is C15H16N4OS. The molecule has 0 fully saturated rings. The Hall–Kier alpha value is -2.34. The molecule has 21 heavy (non-hydrogen) atoms. The highest BCUT2D eigenvalue weighted by Crippen LogP contribution is 2.34. The lowest BCUT2D eigenvalue weighted by molar-refractivity contribution is 0.0786. The third-order valence-corrected chi connectivity index (χ3v) is 4.65. The van der Waals surface area contributed by atoms with Gasteiger partial charge < -0.3 is 15.2 Å². The average molecular weight is 300 g/mol. The smallest absolute Gasteiger partial charge is 0.266 e. The van der Waals surface area contributed by atoms with E-state index in [1.165, 1.54) is 11.3 Å². The number of carbonyl (C=O) groups excluding carboxylic acids is 1. The molecule has 108 valence electrons. The minimum Gasteiger partial charge on any atom is -0.397 e. The van der Waals surface area contributed by atoms with Gasteiger partial charge in [-0.3, -0.25) is 4.79 Å². The van der Waals surface area contributed by atoms with Crippen molar-refractivity contribution in [2.45, 2.75) is 6.54 Å². The zero-order chi connectivity index (χ0) is 15.0. The summed E-state index contributed by atoms with van der Waals surface area (Å²) in [6.07, 6.45) is 3.59. The molecule has 3 aromatic rings. The summed E-state index contributed by atoms with van der Waals surface area (Å²) in [4.78, 5) is 19.1. The number of aromatic nitrogens is 2. The van der Waals surface area contributed by atoms with E-state index in [0.29, 0.717) is 17.1 Å². The summed E-state index contributed by atoms with van der Waals surface area (Å²) in [5, 5.41) is 0.941. The zero-order valence-corrected chi connectivity index (χ0v) is 12.7. The number of aryl methyl sites for hydroxylation is 1. The summed E-state index contributed by atoms with van der Waals surface area (Å²) >= 11 is 1.43. The van der Waals surface area contributed by atoms with Crippen molar-refractivity contribution in [2.24, 2.45) is 7.05 Å². The van der Waals surface area contributed by atoms with Crippen LogP contribution in [0, 0.1) is 0 Å². The van der Waals surface area contributed by atoms with E-state index < -0.39 is 0 Å². The van der Waals surface area contributed by atoms with Crippen molar-refractivity contribution in [1.82, 2.24) is 14.5 Å². The van der Waals surface area contributed by atoms with Crippen LogP contribution in [0.4, 0.5) is 5.69 Å². The molecule has 3 rings (SSSR count). The van der Waals surface area contributed by atoms with Crippen LogP contribution >= 0.6 is 11.3 Å². The fourth-order valence-electron chi connectivity index (χ4n) is 2.23. The van der Waals surface area contributed by atoms with Gasteiger partial charge in [0.1, 0.15) is 10.7 Å². The molecular weight excluding hydrogens is 284 g/mol. The van der Waals surface area contributed by atoms with Crippen LogP contribution < -0.4 is 5.73 Å². The topological polar surface area (TPSA) is 64.2 Å². The number of carbonyl (C=O) groups is 1. The highest BCUT2D eigenvalue weighted by Gasteiger charge is 2.20. The molecule has 0 spiro atoms. The first-order valence-corrected chi connectivity index (χ1v) is 7.38. The quantitative estimate of drug-likeness (QED) is 0.808. The van der Waals surface area contributed by atoms with Crippen LogP contribution in [0.2, 0.25) is 0 Å². The lowest BCUT2D eigenvalue weighted by Crippen LogP contribution is -2.27. The molecule has 1 aromatic carbocycles. The van der Waals surface area contributed by atoms with E-state index in [1.54, 1.807) is 18.1 Å². The van der Waals surface area contributed by atoms with Gasteiger partial charge in [0.25, 0.3) is 5.91 Å². The Morgan fingerprint density at radius 2 is 2.19 bits per heavy atom. The molecule has 0 radical (unpaired) electrons. The van der Waals surface area contributed by atoms with Crippen molar-refractivity contribution in [1.29, 1.82) is 0 Å². The fourth-order valence-corrected chi connectivity index (χ4v) is 3.35. The first-order valence-electron chi connectivity index (χ1n) is 6.56. The molecule has 2 aromatic heterocycles. The van der Waals surface area contributed by atoms with Crippen molar-refractivity contribution >= 4 is 33.0 Å². The predicted octanol–water partition coefficient (Wildman–Crippen LogP) is 2.49. The fraction of sp³-hybridized carbons (Fsp3) is 0.200.